The van der Waals surface area contributed by atoms with Gasteiger partial charge in [-0.3, -0.25) is 4.79 Å². The minimum atomic E-state index is -0.0746. The molecule has 126 valence electrons. The van der Waals surface area contributed by atoms with E-state index in [0.29, 0.717) is 18.7 Å². The Bertz CT molecular complexity index is 682. The molecule has 2 heterocycles. The molecule has 0 aliphatic carbocycles. The van der Waals surface area contributed by atoms with Crippen molar-refractivity contribution in [1.82, 2.24) is 9.97 Å². The van der Waals surface area contributed by atoms with Crippen LogP contribution in [0.2, 0.25) is 0 Å². The molecular weight excluding hydrogens is 304 g/mol. The molecule has 3 rings (SSSR count). The molecule has 6 nitrogen and oxygen atoms in total. The van der Waals surface area contributed by atoms with Crippen LogP contribution in [0.1, 0.15) is 25.3 Å². The Morgan fingerprint density at radius 1 is 1.25 bits per heavy atom. The fraction of sp³-hybridized carbons (Fsp3) is 0.389. The standard InChI is InChI=1S/C18H22N4O2/c1-2-24-15-7-5-14(6-8-15)11-17(23)21-16-12-19-13-20-18(16)22-9-3-4-10-22/h5-8,12-13H,2-4,9-11H2,1H3,(H,21,23). The largest absolute Gasteiger partial charge is 0.494 e. The summed E-state index contributed by atoms with van der Waals surface area (Å²) in [7, 11) is 0. The van der Waals surface area contributed by atoms with Crippen LogP contribution in [-0.4, -0.2) is 35.6 Å². The van der Waals surface area contributed by atoms with E-state index in [4.69, 9.17) is 4.74 Å². The lowest BCUT2D eigenvalue weighted by atomic mass is 10.1. The number of carbonyl (C=O) groups excluding carboxylic acids is 1. The average Bonchev–Trinajstić information content (AvgIpc) is 3.12. The molecule has 0 atom stereocenters. The first-order chi connectivity index (χ1) is 11.8. The van der Waals surface area contributed by atoms with E-state index in [2.05, 4.69) is 20.2 Å². The molecule has 1 amide bonds. The van der Waals surface area contributed by atoms with E-state index in [0.717, 1.165) is 43.1 Å². The van der Waals surface area contributed by atoms with Crippen LogP contribution < -0.4 is 15.0 Å². The van der Waals surface area contributed by atoms with Gasteiger partial charge in [-0.05, 0) is 37.5 Å². The Hall–Kier alpha value is -2.63. The van der Waals surface area contributed by atoms with Gasteiger partial charge in [-0.25, -0.2) is 9.97 Å². The van der Waals surface area contributed by atoms with Gasteiger partial charge < -0.3 is 15.0 Å². The third-order valence-electron chi connectivity index (χ3n) is 3.97. The number of aromatic nitrogens is 2. The van der Waals surface area contributed by atoms with Crippen LogP contribution >= 0.6 is 0 Å². The highest BCUT2D eigenvalue weighted by atomic mass is 16.5. The molecule has 0 bridgehead atoms. The van der Waals surface area contributed by atoms with Gasteiger partial charge in [-0.15, -0.1) is 0 Å². The van der Waals surface area contributed by atoms with Crippen molar-refractivity contribution in [1.29, 1.82) is 0 Å². The van der Waals surface area contributed by atoms with Crippen molar-refractivity contribution in [3.05, 3.63) is 42.4 Å². The summed E-state index contributed by atoms with van der Waals surface area (Å²) in [5, 5.41) is 2.94. The van der Waals surface area contributed by atoms with Crippen molar-refractivity contribution in [3.63, 3.8) is 0 Å². The SMILES string of the molecule is CCOc1ccc(CC(=O)Nc2cncnc2N2CCCC2)cc1. The topological polar surface area (TPSA) is 67.3 Å². The minimum absolute atomic E-state index is 0.0746. The Morgan fingerprint density at radius 3 is 2.71 bits per heavy atom. The predicted octanol–water partition coefficient (Wildman–Crippen LogP) is 2.66. The highest BCUT2D eigenvalue weighted by Crippen LogP contribution is 2.25. The first-order valence-corrected chi connectivity index (χ1v) is 8.33. The summed E-state index contributed by atoms with van der Waals surface area (Å²) in [6.45, 7) is 4.52. The minimum Gasteiger partial charge on any atom is -0.494 e. The quantitative estimate of drug-likeness (QED) is 0.884. The third kappa shape index (κ3) is 4.01. The molecule has 2 aromatic rings. The molecule has 1 aromatic carbocycles. The summed E-state index contributed by atoms with van der Waals surface area (Å²) in [5.74, 6) is 1.55. The Labute approximate surface area is 141 Å². The molecule has 1 saturated heterocycles. The number of rotatable bonds is 6. The van der Waals surface area contributed by atoms with Gasteiger partial charge in [0, 0.05) is 13.1 Å². The Kier molecular flexibility index (Phi) is 5.25. The maximum Gasteiger partial charge on any atom is 0.228 e. The Morgan fingerprint density at radius 2 is 2.00 bits per heavy atom. The summed E-state index contributed by atoms with van der Waals surface area (Å²) < 4.78 is 5.41. The van der Waals surface area contributed by atoms with Crippen LogP contribution in [0, 0.1) is 0 Å². The monoisotopic (exact) mass is 326 g/mol. The van der Waals surface area contributed by atoms with Gasteiger partial charge in [0.25, 0.3) is 0 Å². The van der Waals surface area contributed by atoms with Gasteiger partial charge in [0.1, 0.15) is 17.8 Å². The highest BCUT2D eigenvalue weighted by Gasteiger charge is 2.18. The van der Waals surface area contributed by atoms with Gasteiger partial charge in [-0.2, -0.15) is 0 Å². The number of nitrogens with one attached hydrogen (secondary N) is 1. The van der Waals surface area contributed by atoms with E-state index in [1.807, 2.05) is 31.2 Å². The maximum atomic E-state index is 12.3. The highest BCUT2D eigenvalue weighted by molar-refractivity contribution is 5.94. The second kappa shape index (κ2) is 7.77. The number of carbonyl (C=O) groups is 1. The Balaban J connectivity index is 1.64. The van der Waals surface area contributed by atoms with Crippen LogP contribution in [0.15, 0.2) is 36.8 Å². The second-order valence-electron chi connectivity index (χ2n) is 5.76. The number of amides is 1. The smallest absolute Gasteiger partial charge is 0.228 e. The van der Waals surface area contributed by atoms with E-state index < -0.39 is 0 Å². The fourth-order valence-electron chi connectivity index (χ4n) is 2.84. The van der Waals surface area contributed by atoms with E-state index >= 15 is 0 Å². The van der Waals surface area contributed by atoms with Crippen LogP contribution in [-0.2, 0) is 11.2 Å². The van der Waals surface area contributed by atoms with Gasteiger partial charge in [0.05, 0.1) is 19.2 Å². The first-order valence-electron chi connectivity index (χ1n) is 8.33. The first kappa shape index (κ1) is 16.2. The number of hydrogen-bond donors (Lipinski definition) is 1. The summed E-state index contributed by atoms with van der Waals surface area (Å²) in [5.41, 5.74) is 1.62. The zero-order valence-corrected chi connectivity index (χ0v) is 13.9. The number of benzene rings is 1. The lowest BCUT2D eigenvalue weighted by Crippen LogP contribution is -2.23. The molecule has 1 aromatic heterocycles. The molecule has 1 N–H and O–H groups in total. The van der Waals surface area contributed by atoms with Crippen LogP contribution in [0.4, 0.5) is 11.5 Å². The van der Waals surface area contributed by atoms with Gasteiger partial charge in [-0.1, -0.05) is 12.1 Å². The van der Waals surface area contributed by atoms with Gasteiger partial charge in [0.2, 0.25) is 5.91 Å². The number of nitrogens with zero attached hydrogens (tertiary/aromatic N) is 3. The van der Waals surface area contributed by atoms with Crippen LogP contribution in [0.3, 0.4) is 0 Å². The van der Waals surface area contributed by atoms with Crippen molar-refractivity contribution in [2.24, 2.45) is 0 Å². The van der Waals surface area contributed by atoms with Crippen molar-refractivity contribution in [2.45, 2.75) is 26.2 Å². The summed E-state index contributed by atoms with van der Waals surface area (Å²) in [4.78, 5) is 22.9. The molecule has 0 unspecified atom stereocenters. The van der Waals surface area contributed by atoms with E-state index in [-0.39, 0.29) is 5.91 Å². The molecule has 1 fully saturated rings. The number of ether oxygens (including phenoxy) is 1. The van der Waals surface area contributed by atoms with E-state index in [1.54, 1.807) is 6.20 Å². The molecular formula is C18H22N4O2. The maximum absolute atomic E-state index is 12.3. The zero-order valence-electron chi connectivity index (χ0n) is 13.9. The normalized spacial score (nSPS) is 13.8. The van der Waals surface area contributed by atoms with E-state index in [1.165, 1.54) is 6.33 Å². The number of hydrogen-bond acceptors (Lipinski definition) is 5. The molecule has 1 aliphatic heterocycles. The third-order valence-corrected chi connectivity index (χ3v) is 3.97. The lowest BCUT2D eigenvalue weighted by molar-refractivity contribution is -0.115. The fourth-order valence-corrected chi connectivity index (χ4v) is 2.84. The molecule has 24 heavy (non-hydrogen) atoms. The average molecular weight is 326 g/mol. The second-order valence-corrected chi connectivity index (χ2v) is 5.76. The molecule has 6 heteroatoms. The van der Waals surface area contributed by atoms with Gasteiger partial charge in [0.15, 0.2) is 5.82 Å². The molecule has 0 spiro atoms. The molecule has 1 aliphatic rings. The predicted molar refractivity (Wildman–Crippen MR) is 93.4 cm³/mol. The van der Waals surface area contributed by atoms with Crippen molar-refractivity contribution in [2.75, 3.05) is 29.9 Å². The zero-order chi connectivity index (χ0) is 16.8. The van der Waals surface area contributed by atoms with Crippen molar-refractivity contribution < 1.29 is 9.53 Å². The molecule has 0 saturated carbocycles. The summed E-state index contributed by atoms with van der Waals surface area (Å²) in [6.07, 6.45) is 5.81. The van der Waals surface area contributed by atoms with E-state index in [9.17, 15) is 4.79 Å². The summed E-state index contributed by atoms with van der Waals surface area (Å²) in [6, 6.07) is 7.59. The van der Waals surface area contributed by atoms with Crippen molar-refractivity contribution in [3.8, 4) is 5.75 Å². The van der Waals surface area contributed by atoms with Crippen LogP contribution in [0.5, 0.6) is 5.75 Å². The lowest BCUT2D eigenvalue weighted by Gasteiger charge is -2.19. The van der Waals surface area contributed by atoms with Crippen LogP contribution in [0.25, 0.3) is 0 Å². The number of anilines is 2. The molecule has 0 radical (unpaired) electrons. The van der Waals surface area contributed by atoms with Gasteiger partial charge >= 0.3 is 0 Å². The van der Waals surface area contributed by atoms with Crippen molar-refractivity contribution >= 4 is 17.4 Å². The summed E-state index contributed by atoms with van der Waals surface area (Å²) >= 11 is 0.